The van der Waals surface area contributed by atoms with Gasteiger partial charge in [0.15, 0.2) is 0 Å². The van der Waals surface area contributed by atoms with E-state index in [2.05, 4.69) is 37.8 Å². The summed E-state index contributed by atoms with van der Waals surface area (Å²) in [5, 5.41) is 0. The molecule has 0 aliphatic carbocycles. The van der Waals surface area contributed by atoms with Crippen molar-refractivity contribution in [1.29, 1.82) is 0 Å². The first kappa shape index (κ1) is 17.5. The number of hydrogen-bond donors (Lipinski definition) is 0. The molecule has 1 amide bonds. The molecular weight excluding hydrogens is 326 g/mol. The highest BCUT2D eigenvalue weighted by molar-refractivity contribution is 6.76. The summed E-state index contributed by atoms with van der Waals surface area (Å²) in [7, 11) is -1.36. The van der Waals surface area contributed by atoms with Crippen molar-refractivity contribution in [2.75, 3.05) is 0 Å². The number of cyclic esters (lactones) is 1. The van der Waals surface area contributed by atoms with Crippen LogP contribution in [0.1, 0.15) is 17.2 Å². The Morgan fingerprint density at radius 2 is 1.56 bits per heavy atom. The van der Waals surface area contributed by atoms with Gasteiger partial charge in [0.05, 0.1) is 14.1 Å². The van der Waals surface area contributed by atoms with E-state index in [1.807, 2.05) is 48.5 Å². The molecule has 1 unspecified atom stereocenters. The van der Waals surface area contributed by atoms with Crippen LogP contribution in [0.2, 0.25) is 25.7 Å². The Morgan fingerprint density at radius 1 is 0.960 bits per heavy atom. The molecule has 130 valence electrons. The lowest BCUT2D eigenvalue weighted by Crippen LogP contribution is -2.38. The van der Waals surface area contributed by atoms with E-state index in [-0.39, 0.29) is 12.1 Å². The Balaban J connectivity index is 1.94. The molecule has 2 aromatic rings. The molecule has 0 fully saturated rings. The minimum atomic E-state index is -1.36. The van der Waals surface area contributed by atoms with Crippen LogP contribution in [0.3, 0.4) is 0 Å². The smallest absolute Gasteiger partial charge is 0.415 e. The highest BCUT2D eigenvalue weighted by atomic mass is 28.3. The fourth-order valence-electron chi connectivity index (χ4n) is 3.07. The lowest BCUT2D eigenvalue weighted by Gasteiger charge is -2.35. The van der Waals surface area contributed by atoms with Gasteiger partial charge in [-0.05, 0) is 17.2 Å². The van der Waals surface area contributed by atoms with Gasteiger partial charge in [0.2, 0.25) is 0 Å². The lowest BCUT2D eigenvalue weighted by molar-refractivity contribution is 0.100. The average molecular weight is 352 g/mol. The summed E-state index contributed by atoms with van der Waals surface area (Å²) in [5.74, 6) is 0.822. The predicted molar refractivity (Wildman–Crippen MR) is 104 cm³/mol. The number of carbonyl (C=O) groups is 1. The Labute approximate surface area is 150 Å². The van der Waals surface area contributed by atoms with Crippen LogP contribution in [0.15, 0.2) is 72.5 Å². The average Bonchev–Trinajstić information content (AvgIpc) is 2.57. The van der Waals surface area contributed by atoms with Crippen molar-refractivity contribution in [3.63, 3.8) is 0 Å². The minimum Gasteiger partial charge on any atom is -0.415 e. The number of hydrogen-bond acceptors (Lipinski definition) is 2. The lowest BCUT2D eigenvalue weighted by atomic mass is 10.0. The fourth-order valence-corrected chi connectivity index (χ4v) is 4.31. The number of rotatable bonds is 5. The quantitative estimate of drug-likeness (QED) is 0.656. The molecular formula is C21H25NO2Si. The third kappa shape index (κ3) is 4.60. The van der Waals surface area contributed by atoms with Gasteiger partial charge in [-0.2, -0.15) is 0 Å². The van der Waals surface area contributed by atoms with E-state index >= 15 is 0 Å². The van der Waals surface area contributed by atoms with E-state index in [1.165, 1.54) is 0 Å². The standard InChI is InChI=1S/C21H25NO2Si/c1-25(2,3)16-19-14-20(18-12-8-5-9-13-18)22(21(23)24-19)15-17-10-6-4-7-11-17/h4-14,20H,15-16H2,1-3H3. The Kier molecular flexibility index (Phi) is 5.09. The monoisotopic (exact) mass is 351 g/mol. The van der Waals surface area contributed by atoms with Crippen molar-refractivity contribution in [3.05, 3.63) is 83.6 Å². The molecule has 4 heteroatoms. The van der Waals surface area contributed by atoms with Crippen LogP contribution in [0, 0.1) is 0 Å². The highest BCUT2D eigenvalue weighted by Crippen LogP contribution is 2.33. The fraction of sp³-hybridized carbons (Fsp3) is 0.286. The van der Waals surface area contributed by atoms with E-state index in [4.69, 9.17) is 4.74 Å². The van der Waals surface area contributed by atoms with Crippen LogP contribution in [0.4, 0.5) is 4.79 Å². The largest absolute Gasteiger partial charge is 0.415 e. The van der Waals surface area contributed by atoms with Gasteiger partial charge in [0, 0.05) is 12.6 Å². The van der Waals surface area contributed by atoms with Gasteiger partial charge in [-0.15, -0.1) is 0 Å². The zero-order valence-electron chi connectivity index (χ0n) is 15.1. The van der Waals surface area contributed by atoms with Gasteiger partial charge in [-0.1, -0.05) is 80.3 Å². The zero-order chi connectivity index (χ0) is 17.9. The summed E-state index contributed by atoms with van der Waals surface area (Å²) < 4.78 is 5.68. The number of ether oxygens (including phenoxy) is 1. The third-order valence-electron chi connectivity index (χ3n) is 4.17. The first-order valence-corrected chi connectivity index (χ1v) is 12.4. The van der Waals surface area contributed by atoms with Crippen molar-refractivity contribution in [2.45, 2.75) is 38.3 Å². The van der Waals surface area contributed by atoms with Crippen LogP contribution < -0.4 is 0 Å². The third-order valence-corrected chi connectivity index (χ3v) is 5.58. The molecule has 1 aliphatic heterocycles. The molecule has 0 saturated carbocycles. The van der Waals surface area contributed by atoms with Gasteiger partial charge < -0.3 is 4.74 Å². The number of allylic oxidation sites excluding steroid dienone is 1. The maximum Gasteiger partial charge on any atom is 0.415 e. The van der Waals surface area contributed by atoms with Crippen LogP contribution in [0.5, 0.6) is 0 Å². The van der Waals surface area contributed by atoms with E-state index < -0.39 is 8.07 Å². The minimum absolute atomic E-state index is 0.0889. The van der Waals surface area contributed by atoms with Crippen molar-refractivity contribution in [2.24, 2.45) is 0 Å². The topological polar surface area (TPSA) is 29.5 Å². The Bertz CT molecular complexity index is 750. The first-order chi connectivity index (χ1) is 11.9. The maximum atomic E-state index is 12.8. The molecule has 0 spiro atoms. The van der Waals surface area contributed by atoms with Crippen LogP contribution in [-0.2, 0) is 11.3 Å². The van der Waals surface area contributed by atoms with Crippen molar-refractivity contribution in [1.82, 2.24) is 4.90 Å². The van der Waals surface area contributed by atoms with Gasteiger partial charge >= 0.3 is 6.09 Å². The molecule has 0 bridgehead atoms. The summed E-state index contributed by atoms with van der Waals surface area (Å²) in [4.78, 5) is 14.6. The second-order valence-corrected chi connectivity index (χ2v) is 13.2. The Morgan fingerprint density at radius 3 is 2.16 bits per heavy atom. The normalized spacial score (nSPS) is 17.9. The van der Waals surface area contributed by atoms with Crippen molar-refractivity contribution >= 4 is 14.2 Å². The molecule has 1 atom stereocenters. The molecule has 1 heterocycles. The molecule has 1 aliphatic rings. The number of carbonyl (C=O) groups excluding carboxylic acids is 1. The maximum absolute atomic E-state index is 12.8. The van der Waals surface area contributed by atoms with Gasteiger partial charge in [0.25, 0.3) is 0 Å². The predicted octanol–water partition coefficient (Wildman–Crippen LogP) is 5.60. The van der Waals surface area contributed by atoms with E-state index in [9.17, 15) is 4.79 Å². The van der Waals surface area contributed by atoms with E-state index in [1.54, 1.807) is 4.90 Å². The zero-order valence-corrected chi connectivity index (χ0v) is 16.1. The molecule has 0 aromatic heterocycles. The molecule has 0 N–H and O–H groups in total. The van der Waals surface area contributed by atoms with Crippen LogP contribution in [0.25, 0.3) is 0 Å². The summed E-state index contributed by atoms with van der Waals surface area (Å²) in [6, 6.07) is 21.0. The number of amides is 1. The van der Waals surface area contributed by atoms with Crippen molar-refractivity contribution in [3.8, 4) is 0 Å². The molecule has 25 heavy (non-hydrogen) atoms. The first-order valence-electron chi connectivity index (χ1n) is 8.70. The van der Waals surface area contributed by atoms with Crippen LogP contribution in [-0.4, -0.2) is 19.1 Å². The summed E-state index contributed by atoms with van der Waals surface area (Å²) in [5.41, 5.74) is 2.21. The molecule has 0 radical (unpaired) electrons. The highest BCUT2D eigenvalue weighted by Gasteiger charge is 2.32. The summed E-state index contributed by atoms with van der Waals surface area (Å²) in [6.45, 7) is 7.40. The molecule has 0 saturated heterocycles. The van der Waals surface area contributed by atoms with Crippen LogP contribution >= 0.6 is 0 Å². The van der Waals surface area contributed by atoms with E-state index in [0.29, 0.717) is 6.54 Å². The molecule has 2 aromatic carbocycles. The SMILES string of the molecule is C[Si](C)(C)CC1=CC(c2ccccc2)N(Cc2ccccc2)C(=O)O1. The summed E-state index contributed by atoms with van der Waals surface area (Å²) >= 11 is 0. The second kappa shape index (κ2) is 7.27. The molecule has 3 rings (SSSR count). The number of nitrogens with zero attached hydrogens (tertiary/aromatic N) is 1. The molecule has 3 nitrogen and oxygen atoms in total. The van der Waals surface area contributed by atoms with Gasteiger partial charge in [-0.3, -0.25) is 4.90 Å². The summed E-state index contributed by atoms with van der Waals surface area (Å²) in [6.07, 6.45) is 1.87. The van der Waals surface area contributed by atoms with Gasteiger partial charge in [0.1, 0.15) is 5.76 Å². The van der Waals surface area contributed by atoms with Gasteiger partial charge in [-0.25, -0.2) is 4.79 Å². The Hall–Kier alpha value is -2.33. The second-order valence-electron chi connectivity index (χ2n) is 7.71. The van der Waals surface area contributed by atoms with Crippen molar-refractivity contribution < 1.29 is 9.53 Å². The number of benzene rings is 2. The van der Waals surface area contributed by atoms with E-state index in [0.717, 1.165) is 22.9 Å².